The first-order chi connectivity index (χ1) is 18.3. The summed E-state index contributed by atoms with van der Waals surface area (Å²) < 4.78 is 8.51. The predicted molar refractivity (Wildman–Crippen MR) is 156 cm³/mol. The van der Waals surface area contributed by atoms with Crippen molar-refractivity contribution in [3.63, 3.8) is 0 Å². The van der Waals surface area contributed by atoms with Crippen LogP contribution in [0.2, 0.25) is 0 Å². The summed E-state index contributed by atoms with van der Waals surface area (Å²) in [5.41, 5.74) is 9.17. The zero-order valence-corrected chi connectivity index (χ0v) is 20.4. The third-order valence-electron chi connectivity index (χ3n) is 7.74. The highest BCUT2D eigenvalue weighted by molar-refractivity contribution is 6.12. The fourth-order valence-corrected chi connectivity index (χ4v) is 5.94. The fraction of sp³-hybridized carbons (Fsp3) is 0.0286. The number of nitrogens with zero attached hydrogens (tertiary/aromatic N) is 1. The fourth-order valence-electron chi connectivity index (χ4n) is 5.94. The first kappa shape index (κ1) is 20.4. The SMILES string of the molecule is Cc1ccc(-n2c3ccccc3c3ccc(-c4ccc5oc6ccccc6c5c4)cc32)c2ccccc12. The molecule has 2 heterocycles. The number of hydrogen-bond acceptors (Lipinski definition) is 1. The molecule has 0 fully saturated rings. The van der Waals surface area contributed by atoms with Crippen molar-refractivity contribution < 1.29 is 4.42 Å². The molecule has 2 aromatic heterocycles. The van der Waals surface area contributed by atoms with Gasteiger partial charge in [0.2, 0.25) is 0 Å². The van der Waals surface area contributed by atoms with Gasteiger partial charge in [0.15, 0.2) is 0 Å². The Bertz CT molecular complexity index is 2160. The molecular weight excluding hydrogens is 450 g/mol. The molecule has 0 unspecified atom stereocenters. The molecule has 0 atom stereocenters. The van der Waals surface area contributed by atoms with Crippen LogP contribution < -0.4 is 0 Å². The smallest absolute Gasteiger partial charge is 0.135 e. The molecule has 0 saturated carbocycles. The molecule has 0 aliphatic heterocycles. The minimum atomic E-state index is 0.922. The lowest BCUT2D eigenvalue weighted by Gasteiger charge is -2.13. The van der Waals surface area contributed by atoms with Gasteiger partial charge in [-0.25, -0.2) is 0 Å². The highest BCUT2D eigenvalue weighted by Crippen LogP contribution is 2.38. The van der Waals surface area contributed by atoms with Crippen LogP contribution in [-0.2, 0) is 0 Å². The molecule has 0 radical (unpaired) electrons. The second-order valence-electron chi connectivity index (χ2n) is 9.84. The number of rotatable bonds is 2. The Balaban J connectivity index is 1.43. The molecule has 8 aromatic rings. The van der Waals surface area contributed by atoms with Crippen LogP contribution in [0.4, 0.5) is 0 Å². The van der Waals surface area contributed by atoms with Gasteiger partial charge in [-0.2, -0.15) is 0 Å². The zero-order chi connectivity index (χ0) is 24.5. The van der Waals surface area contributed by atoms with E-state index >= 15 is 0 Å². The van der Waals surface area contributed by atoms with Gasteiger partial charge in [0, 0.05) is 26.9 Å². The van der Waals surface area contributed by atoms with E-state index in [4.69, 9.17) is 4.42 Å². The summed E-state index contributed by atoms with van der Waals surface area (Å²) in [4.78, 5) is 0. The van der Waals surface area contributed by atoms with E-state index in [-0.39, 0.29) is 0 Å². The molecule has 2 nitrogen and oxygen atoms in total. The van der Waals surface area contributed by atoms with Crippen molar-refractivity contribution in [2.75, 3.05) is 0 Å². The van der Waals surface area contributed by atoms with Crippen molar-refractivity contribution >= 4 is 54.5 Å². The average Bonchev–Trinajstić information content (AvgIpc) is 3.48. The van der Waals surface area contributed by atoms with Crippen LogP contribution in [0, 0.1) is 6.92 Å². The van der Waals surface area contributed by atoms with Crippen molar-refractivity contribution in [2.45, 2.75) is 6.92 Å². The molecule has 0 spiro atoms. The highest BCUT2D eigenvalue weighted by Gasteiger charge is 2.16. The maximum Gasteiger partial charge on any atom is 0.135 e. The van der Waals surface area contributed by atoms with E-state index in [9.17, 15) is 0 Å². The van der Waals surface area contributed by atoms with Gasteiger partial charge < -0.3 is 8.98 Å². The maximum atomic E-state index is 6.08. The summed E-state index contributed by atoms with van der Waals surface area (Å²) >= 11 is 0. The molecule has 0 N–H and O–H groups in total. The number of aryl methyl sites for hydroxylation is 1. The summed E-state index contributed by atoms with van der Waals surface area (Å²) in [6, 6.07) is 43.6. The Labute approximate surface area is 214 Å². The molecule has 0 amide bonds. The molecular formula is C35H23NO. The van der Waals surface area contributed by atoms with Crippen molar-refractivity contribution in [2.24, 2.45) is 0 Å². The monoisotopic (exact) mass is 473 g/mol. The largest absolute Gasteiger partial charge is 0.456 e. The number of hydrogen-bond donors (Lipinski definition) is 0. The van der Waals surface area contributed by atoms with E-state index in [0.29, 0.717) is 0 Å². The minimum absolute atomic E-state index is 0.922. The Hall–Kier alpha value is -4.82. The molecule has 2 heteroatoms. The van der Waals surface area contributed by atoms with Gasteiger partial charge in [0.1, 0.15) is 11.2 Å². The van der Waals surface area contributed by atoms with Crippen LogP contribution in [0.5, 0.6) is 0 Å². The maximum absolute atomic E-state index is 6.08. The number of furan rings is 1. The molecule has 0 saturated heterocycles. The average molecular weight is 474 g/mol. The number of aromatic nitrogens is 1. The van der Waals surface area contributed by atoms with E-state index in [2.05, 4.69) is 121 Å². The van der Waals surface area contributed by atoms with Crippen molar-refractivity contribution in [3.05, 3.63) is 127 Å². The van der Waals surface area contributed by atoms with Gasteiger partial charge in [-0.05, 0) is 65.4 Å². The van der Waals surface area contributed by atoms with E-state index in [0.717, 1.165) is 21.9 Å². The zero-order valence-electron chi connectivity index (χ0n) is 20.4. The molecule has 0 bridgehead atoms. The lowest BCUT2D eigenvalue weighted by atomic mass is 10.0. The van der Waals surface area contributed by atoms with Gasteiger partial charge in [0.05, 0.1) is 16.7 Å². The first-order valence-electron chi connectivity index (χ1n) is 12.7. The number of fused-ring (bicyclic) bond motifs is 7. The Morgan fingerprint density at radius 2 is 1.11 bits per heavy atom. The minimum Gasteiger partial charge on any atom is -0.456 e. The predicted octanol–water partition coefficient (Wildman–Crippen LogP) is 9.81. The third-order valence-corrected chi connectivity index (χ3v) is 7.74. The van der Waals surface area contributed by atoms with Crippen LogP contribution in [0.25, 0.3) is 71.3 Å². The van der Waals surface area contributed by atoms with Crippen LogP contribution in [0.3, 0.4) is 0 Å². The summed E-state index contributed by atoms with van der Waals surface area (Å²) in [7, 11) is 0. The summed E-state index contributed by atoms with van der Waals surface area (Å²) in [6.07, 6.45) is 0. The van der Waals surface area contributed by atoms with Gasteiger partial charge in [-0.15, -0.1) is 0 Å². The topological polar surface area (TPSA) is 18.1 Å². The third kappa shape index (κ3) is 2.93. The van der Waals surface area contributed by atoms with Gasteiger partial charge in [-0.3, -0.25) is 0 Å². The molecule has 0 aliphatic rings. The number of para-hydroxylation sites is 2. The van der Waals surface area contributed by atoms with E-state index in [1.165, 1.54) is 55.0 Å². The summed E-state index contributed by atoms with van der Waals surface area (Å²) in [5, 5.41) is 7.39. The van der Waals surface area contributed by atoms with Crippen LogP contribution in [0.1, 0.15) is 5.56 Å². The second kappa shape index (κ2) is 7.59. The number of benzene rings is 6. The van der Waals surface area contributed by atoms with Crippen molar-refractivity contribution in [3.8, 4) is 16.8 Å². The van der Waals surface area contributed by atoms with Gasteiger partial charge in [0.25, 0.3) is 0 Å². The molecule has 174 valence electrons. The lowest BCUT2D eigenvalue weighted by molar-refractivity contribution is 0.669. The van der Waals surface area contributed by atoms with Gasteiger partial charge in [-0.1, -0.05) is 84.9 Å². The standard InChI is InChI=1S/C35H23NO/c1-22-14-18-32(26-9-3-2-8-25(22)26)36-31-12-6-4-10-27(31)28-17-15-24(21-33(28)36)23-16-19-35-30(20-23)29-11-5-7-13-34(29)37-35/h2-21H,1H3. The van der Waals surface area contributed by atoms with Crippen LogP contribution >= 0.6 is 0 Å². The molecule has 6 aromatic carbocycles. The van der Waals surface area contributed by atoms with E-state index in [1.807, 2.05) is 12.1 Å². The Morgan fingerprint density at radius 3 is 2.00 bits per heavy atom. The molecule has 37 heavy (non-hydrogen) atoms. The van der Waals surface area contributed by atoms with E-state index in [1.54, 1.807) is 0 Å². The first-order valence-corrected chi connectivity index (χ1v) is 12.7. The van der Waals surface area contributed by atoms with Crippen LogP contribution in [0.15, 0.2) is 126 Å². The second-order valence-corrected chi connectivity index (χ2v) is 9.84. The van der Waals surface area contributed by atoms with Crippen molar-refractivity contribution in [1.29, 1.82) is 0 Å². The van der Waals surface area contributed by atoms with Gasteiger partial charge >= 0.3 is 0 Å². The Kier molecular flexibility index (Phi) is 4.18. The lowest BCUT2D eigenvalue weighted by Crippen LogP contribution is -1.96. The quantitative estimate of drug-likeness (QED) is 0.244. The summed E-state index contributed by atoms with van der Waals surface area (Å²) in [5.74, 6) is 0. The normalized spacial score (nSPS) is 11.9. The molecule has 8 rings (SSSR count). The van der Waals surface area contributed by atoms with Crippen molar-refractivity contribution in [1.82, 2.24) is 4.57 Å². The van der Waals surface area contributed by atoms with E-state index < -0.39 is 0 Å². The molecule has 0 aliphatic carbocycles. The Morgan fingerprint density at radius 1 is 0.459 bits per heavy atom. The highest BCUT2D eigenvalue weighted by atomic mass is 16.3. The van der Waals surface area contributed by atoms with Crippen LogP contribution in [-0.4, -0.2) is 4.57 Å². The summed E-state index contributed by atoms with van der Waals surface area (Å²) in [6.45, 7) is 2.19.